The summed E-state index contributed by atoms with van der Waals surface area (Å²) in [4.78, 5) is 0. The standard InChI is InChI=1S/C14H16N2O/c15-8-13-9-16-17-14(13)12-6-5-10-3-1-2-4-11(10)7-12/h5-7,9H,1-4,8,15H2. The van der Waals surface area contributed by atoms with Crippen LogP contribution in [-0.4, -0.2) is 5.16 Å². The first-order chi connectivity index (χ1) is 8.38. The van der Waals surface area contributed by atoms with E-state index >= 15 is 0 Å². The lowest BCUT2D eigenvalue weighted by atomic mass is 9.90. The van der Waals surface area contributed by atoms with Crippen molar-refractivity contribution in [1.82, 2.24) is 5.16 Å². The second kappa shape index (κ2) is 4.34. The van der Waals surface area contributed by atoms with E-state index in [1.807, 2.05) is 0 Å². The van der Waals surface area contributed by atoms with E-state index in [2.05, 4.69) is 23.4 Å². The molecule has 3 heteroatoms. The molecule has 0 fully saturated rings. The number of hydrogen-bond acceptors (Lipinski definition) is 3. The Morgan fingerprint density at radius 3 is 2.82 bits per heavy atom. The SMILES string of the molecule is NCc1cnoc1-c1ccc2c(c1)CCCC2. The molecule has 0 bridgehead atoms. The van der Waals surface area contributed by atoms with Gasteiger partial charge in [0, 0.05) is 17.7 Å². The fraction of sp³-hybridized carbons (Fsp3) is 0.357. The molecule has 2 N–H and O–H groups in total. The van der Waals surface area contributed by atoms with Gasteiger partial charge in [-0.3, -0.25) is 0 Å². The maximum Gasteiger partial charge on any atom is 0.171 e. The first-order valence-electron chi connectivity index (χ1n) is 6.14. The summed E-state index contributed by atoms with van der Waals surface area (Å²) in [5.41, 5.74) is 10.7. The van der Waals surface area contributed by atoms with Crippen molar-refractivity contribution in [1.29, 1.82) is 0 Å². The first kappa shape index (κ1) is 10.5. The average Bonchev–Trinajstić information content (AvgIpc) is 2.86. The zero-order valence-corrected chi connectivity index (χ0v) is 9.78. The van der Waals surface area contributed by atoms with Gasteiger partial charge in [0.05, 0.1) is 6.20 Å². The summed E-state index contributed by atoms with van der Waals surface area (Å²) in [6.07, 6.45) is 6.68. The van der Waals surface area contributed by atoms with Crippen LogP contribution in [0.2, 0.25) is 0 Å². The second-order valence-electron chi connectivity index (χ2n) is 4.57. The molecule has 0 spiro atoms. The summed E-state index contributed by atoms with van der Waals surface area (Å²) in [5, 5.41) is 3.83. The number of nitrogens with two attached hydrogens (primary N) is 1. The van der Waals surface area contributed by atoms with Crippen molar-refractivity contribution in [2.45, 2.75) is 32.2 Å². The maximum atomic E-state index is 5.67. The lowest BCUT2D eigenvalue weighted by Crippen LogP contribution is -2.02. The van der Waals surface area contributed by atoms with E-state index in [9.17, 15) is 0 Å². The quantitative estimate of drug-likeness (QED) is 0.859. The first-order valence-corrected chi connectivity index (χ1v) is 6.14. The third kappa shape index (κ3) is 1.87. The van der Waals surface area contributed by atoms with Crippen molar-refractivity contribution in [2.24, 2.45) is 5.73 Å². The largest absolute Gasteiger partial charge is 0.356 e. The molecule has 0 atom stereocenters. The fourth-order valence-electron chi connectivity index (χ4n) is 2.52. The van der Waals surface area contributed by atoms with E-state index < -0.39 is 0 Å². The zero-order valence-electron chi connectivity index (χ0n) is 9.78. The molecule has 0 saturated carbocycles. The summed E-state index contributed by atoms with van der Waals surface area (Å²) < 4.78 is 5.30. The van der Waals surface area contributed by atoms with E-state index in [1.54, 1.807) is 6.20 Å². The predicted octanol–water partition coefficient (Wildman–Crippen LogP) is 2.68. The van der Waals surface area contributed by atoms with Crippen LogP contribution in [0.1, 0.15) is 29.5 Å². The molecule has 1 aromatic heterocycles. The van der Waals surface area contributed by atoms with E-state index in [0.717, 1.165) is 16.9 Å². The molecular weight excluding hydrogens is 212 g/mol. The highest BCUT2D eigenvalue weighted by Crippen LogP contribution is 2.29. The van der Waals surface area contributed by atoms with Crippen LogP contribution >= 0.6 is 0 Å². The van der Waals surface area contributed by atoms with Gasteiger partial charge in [-0.05, 0) is 42.9 Å². The molecular formula is C14H16N2O. The number of benzene rings is 1. The van der Waals surface area contributed by atoms with Crippen molar-refractivity contribution < 1.29 is 4.52 Å². The molecule has 0 saturated heterocycles. The lowest BCUT2D eigenvalue weighted by molar-refractivity contribution is 0.431. The van der Waals surface area contributed by atoms with Gasteiger partial charge in [-0.2, -0.15) is 0 Å². The Balaban J connectivity index is 2.04. The van der Waals surface area contributed by atoms with Crippen LogP contribution in [0.25, 0.3) is 11.3 Å². The molecule has 1 aliphatic rings. The number of rotatable bonds is 2. The number of fused-ring (bicyclic) bond motifs is 1. The van der Waals surface area contributed by atoms with Gasteiger partial charge in [-0.25, -0.2) is 0 Å². The van der Waals surface area contributed by atoms with Crippen molar-refractivity contribution in [3.05, 3.63) is 41.1 Å². The average molecular weight is 228 g/mol. The van der Waals surface area contributed by atoms with Gasteiger partial charge in [0.15, 0.2) is 5.76 Å². The van der Waals surface area contributed by atoms with Crippen LogP contribution < -0.4 is 5.73 Å². The van der Waals surface area contributed by atoms with Crippen molar-refractivity contribution in [3.63, 3.8) is 0 Å². The van der Waals surface area contributed by atoms with Crippen molar-refractivity contribution in [2.75, 3.05) is 0 Å². The van der Waals surface area contributed by atoms with Gasteiger partial charge in [0.1, 0.15) is 0 Å². The van der Waals surface area contributed by atoms with Gasteiger partial charge >= 0.3 is 0 Å². The summed E-state index contributed by atoms with van der Waals surface area (Å²) in [6.45, 7) is 0.468. The topological polar surface area (TPSA) is 52.0 Å². The minimum absolute atomic E-state index is 0.468. The predicted molar refractivity (Wildman–Crippen MR) is 66.5 cm³/mol. The smallest absolute Gasteiger partial charge is 0.171 e. The van der Waals surface area contributed by atoms with Gasteiger partial charge in [-0.1, -0.05) is 17.3 Å². The van der Waals surface area contributed by atoms with Gasteiger partial charge < -0.3 is 10.3 Å². The number of nitrogens with zero attached hydrogens (tertiary/aromatic N) is 1. The molecule has 0 unspecified atom stereocenters. The third-order valence-corrected chi connectivity index (χ3v) is 3.47. The third-order valence-electron chi connectivity index (χ3n) is 3.47. The van der Waals surface area contributed by atoms with Crippen LogP contribution in [-0.2, 0) is 19.4 Å². The van der Waals surface area contributed by atoms with E-state index in [1.165, 1.54) is 36.8 Å². The van der Waals surface area contributed by atoms with E-state index in [0.29, 0.717) is 6.54 Å². The Morgan fingerprint density at radius 2 is 2.00 bits per heavy atom. The monoisotopic (exact) mass is 228 g/mol. The van der Waals surface area contributed by atoms with Crippen LogP contribution in [0, 0.1) is 0 Å². The Morgan fingerprint density at radius 1 is 1.18 bits per heavy atom. The van der Waals surface area contributed by atoms with Gasteiger partial charge in [0.2, 0.25) is 0 Å². The fourth-order valence-corrected chi connectivity index (χ4v) is 2.52. The molecule has 2 aromatic rings. The van der Waals surface area contributed by atoms with Crippen molar-refractivity contribution >= 4 is 0 Å². The minimum atomic E-state index is 0.468. The zero-order chi connectivity index (χ0) is 11.7. The van der Waals surface area contributed by atoms with E-state index in [4.69, 9.17) is 10.3 Å². The highest BCUT2D eigenvalue weighted by Gasteiger charge is 2.14. The number of aromatic nitrogens is 1. The Labute approximate surface area is 101 Å². The summed E-state index contributed by atoms with van der Waals surface area (Å²) in [7, 11) is 0. The van der Waals surface area contributed by atoms with Crippen LogP contribution in [0.15, 0.2) is 28.9 Å². The molecule has 88 valence electrons. The van der Waals surface area contributed by atoms with E-state index in [-0.39, 0.29) is 0 Å². The molecule has 1 heterocycles. The lowest BCUT2D eigenvalue weighted by Gasteiger charge is -2.16. The molecule has 1 aliphatic carbocycles. The highest BCUT2D eigenvalue weighted by molar-refractivity contribution is 5.62. The molecule has 17 heavy (non-hydrogen) atoms. The van der Waals surface area contributed by atoms with Gasteiger partial charge in [0.25, 0.3) is 0 Å². The highest BCUT2D eigenvalue weighted by atomic mass is 16.5. The van der Waals surface area contributed by atoms with Crippen molar-refractivity contribution in [3.8, 4) is 11.3 Å². The normalized spacial score (nSPS) is 14.6. The molecule has 0 aliphatic heterocycles. The number of aryl methyl sites for hydroxylation is 2. The summed E-state index contributed by atoms with van der Waals surface area (Å²) in [6, 6.07) is 6.56. The van der Waals surface area contributed by atoms with Crippen LogP contribution in [0.5, 0.6) is 0 Å². The van der Waals surface area contributed by atoms with Gasteiger partial charge in [-0.15, -0.1) is 0 Å². The minimum Gasteiger partial charge on any atom is -0.356 e. The molecule has 0 radical (unpaired) electrons. The molecule has 3 rings (SSSR count). The van der Waals surface area contributed by atoms with Crippen LogP contribution in [0.3, 0.4) is 0 Å². The Kier molecular flexibility index (Phi) is 2.69. The number of hydrogen-bond donors (Lipinski definition) is 1. The molecule has 1 aromatic carbocycles. The Hall–Kier alpha value is -1.61. The summed E-state index contributed by atoms with van der Waals surface area (Å²) >= 11 is 0. The maximum absolute atomic E-state index is 5.67. The Bertz CT molecular complexity index is 531. The second-order valence-corrected chi connectivity index (χ2v) is 4.57. The molecule has 3 nitrogen and oxygen atoms in total. The molecule has 0 amide bonds. The summed E-state index contributed by atoms with van der Waals surface area (Å²) in [5.74, 6) is 0.820. The van der Waals surface area contributed by atoms with Crippen LogP contribution in [0.4, 0.5) is 0 Å².